The summed E-state index contributed by atoms with van der Waals surface area (Å²) >= 11 is 9.19. The smallest absolute Gasteiger partial charge is 0.262 e. The quantitative estimate of drug-likeness (QED) is 0.709. The molecule has 0 aliphatic rings. The summed E-state index contributed by atoms with van der Waals surface area (Å²) in [7, 11) is 1.62. The zero-order chi connectivity index (χ0) is 18.2. The van der Waals surface area contributed by atoms with Gasteiger partial charge in [-0.15, -0.1) is 0 Å². The molecule has 2 amide bonds. The Kier molecular flexibility index (Phi) is 7.28. The summed E-state index contributed by atoms with van der Waals surface area (Å²) in [5.74, 6) is 0.284. The van der Waals surface area contributed by atoms with Gasteiger partial charge in [-0.2, -0.15) is 0 Å². The molecule has 0 heterocycles. The van der Waals surface area contributed by atoms with Crippen LogP contribution in [0.2, 0.25) is 5.02 Å². The molecule has 0 bridgehead atoms. The first kappa shape index (κ1) is 19.3. The first-order valence-corrected chi connectivity index (χ1v) is 8.82. The summed E-state index contributed by atoms with van der Waals surface area (Å²) in [6.07, 6.45) is 1.09. The first-order chi connectivity index (χ1) is 12.0. The second-order valence-corrected chi connectivity index (χ2v) is 6.57. The van der Waals surface area contributed by atoms with Crippen LogP contribution in [0.15, 0.2) is 46.9 Å². The third-order valence-electron chi connectivity index (χ3n) is 3.41. The van der Waals surface area contributed by atoms with E-state index in [9.17, 15) is 9.59 Å². The Balaban J connectivity index is 1.82. The first-order valence-electron chi connectivity index (χ1n) is 7.65. The van der Waals surface area contributed by atoms with Crippen LogP contribution in [0, 0.1) is 0 Å². The average molecular weight is 426 g/mol. The van der Waals surface area contributed by atoms with E-state index in [1.54, 1.807) is 37.4 Å². The highest BCUT2D eigenvalue weighted by Gasteiger charge is 2.07. The fourth-order valence-electron chi connectivity index (χ4n) is 2.07. The van der Waals surface area contributed by atoms with Gasteiger partial charge in [0.1, 0.15) is 5.75 Å². The van der Waals surface area contributed by atoms with Crippen molar-refractivity contribution in [1.82, 2.24) is 5.32 Å². The van der Waals surface area contributed by atoms with Crippen molar-refractivity contribution in [1.29, 1.82) is 0 Å². The normalized spacial score (nSPS) is 10.2. The molecule has 2 aromatic carbocycles. The fraction of sp³-hybridized carbons (Fsp3) is 0.222. The molecule has 0 spiro atoms. The van der Waals surface area contributed by atoms with Crippen LogP contribution in [-0.2, 0) is 16.0 Å². The second kappa shape index (κ2) is 9.44. The molecule has 0 fully saturated rings. The second-order valence-electron chi connectivity index (χ2n) is 5.28. The molecule has 7 heteroatoms. The van der Waals surface area contributed by atoms with E-state index in [-0.39, 0.29) is 18.4 Å². The van der Waals surface area contributed by atoms with Crippen LogP contribution in [0.25, 0.3) is 0 Å². The van der Waals surface area contributed by atoms with E-state index in [2.05, 4.69) is 26.6 Å². The highest BCUT2D eigenvalue weighted by Crippen LogP contribution is 2.27. The van der Waals surface area contributed by atoms with Crippen molar-refractivity contribution in [2.24, 2.45) is 0 Å². The Labute approximate surface area is 159 Å². The molecule has 2 N–H and O–H groups in total. The number of rotatable bonds is 7. The van der Waals surface area contributed by atoms with Gasteiger partial charge in [-0.25, -0.2) is 0 Å². The standard InChI is InChI=1S/C18H18BrClN2O3/c1-21-17(23)9-4-12-2-6-14(7-3-12)22-18(24)11-25-16-8-5-13(20)10-15(16)19/h2-3,5-8,10H,4,9,11H2,1H3,(H,21,23)(H,22,24). The molecule has 0 aliphatic carbocycles. The zero-order valence-corrected chi connectivity index (χ0v) is 16.0. The van der Waals surface area contributed by atoms with Gasteiger partial charge in [0.2, 0.25) is 5.91 Å². The lowest BCUT2D eigenvalue weighted by molar-refractivity contribution is -0.120. The van der Waals surface area contributed by atoms with Gasteiger partial charge in [0.25, 0.3) is 5.91 Å². The number of carbonyl (C=O) groups excluding carboxylic acids is 2. The number of anilines is 1. The zero-order valence-electron chi connectivity index (χ0n) is 13.6. The van der Waals surface area contributed by atoms with Crippen molar-refractivity contribution in [3.8, 4) is 5.75 Å². The molecule has 25 heavy (non-hydrogen) atoms. The van der Waals surface area contributed by atoms with Gasteiger partial charge in [0.05, 0.1) is 4.47 Å². The minimum Gasteiger partial charge on any atom is -0.483 e. The Morgan fingerprint density at radius 1 is 1.12 bits per heavy atom. The third-order valence-corrected chi connectivity index (χ3v) is 4.26. The highest BCUT2D eigenvalue weighted by atomic mass is 79.9. The molecular formula is C18H18BrClN2O3. The molecule has 5 nitrogen and oxygen atoms in total. The maximum atomic E-state index is 12.0. The molecule has 0 aliphatic heterocycles. The van der Waals surface area contributed by atoms with Gasteiger partial charge in [-0.3, -0.25) is 9.59 Å². The number of aryl methyl sites for hydroxylation is 1. The lowest BCUT2D eigenvalue weighted by atomic mass is 10.1. The number of amides is 2. The molecule has 2 rings (SSSR count). The molecule has 0 saturated heterocycles. The Morgan fingerprint density at radius 2 is 1.84 bits per heavy atom. The van der Waals surface area contributed by atoms with Crippen molar-refractivity contribution < 1.29 is 14.3 Å². The summed E-state index contributed by atoms with van der Waals surface area (Å²) in [6.45, 7) is -0.112. The lowest BCUT2D eigenvalue weighted by Crippen LogP contribution is -2.20. The van der Waals surface area contributed by atoms with Gasteiger partial charge in [-0.05, 0) is 58.2 Å². The number of hydrogen-bond donors (Lipinski definition) is 2. The van der Waals surface area contributed by atoms with E-state index in [0.29, 0.717) is 33.8 Å². The van der Waals surface area contributed by atoms with Gasteiger partial charge in [0.15, 0.2) is 6.61 Å². The minimum atomic E-state index is -0.264. The Bertz CT molecular complexity index is 750. The van der Waals surface area contributed by atoms with Crippen LogP contribution in [0.5, 0.6) is 5.75 Å². The Morgan fingerprint density at radius 3 is 2.48 bits per heavy atom. The molecule has 132 valence electrons. The number of hydrogen-bond acceptors (Lipinski definition) is 3. The van der Waals surface area contributed by atoms with Crippen molar-refractivity contribution >= 4 is 45.0 Å². The fourth-order valence-corrected chi connectivity index (χ4v) is 2.87. The largest absolute Gasteiger partial charge is 0.483 e. The predicted molar refractivity (Wildman–Crippen MR) is 102 cm³/mol. The van der Waals surface area contributed by atoms with Crippen LogP contribution >= 0.6 is 27.5 Å². The van der Waals surface area contributed by atoms with Crippen LogP contribution in [-0.4, -0.2) is 25.5 Å². The Hall–Kier alpha value is -2.05. The summed E-state index contributed by atoms with van der Waals surface area (Å²) in [6, 6.07) is 12.5. The van der Waals surface area contributed by atoms with Gasteiger partial charge < -0.3 is 15.4 Å². The molecule has 0 aromatic heterocycles. The number of halogens is 2. The molecule has 0 atom stereocenters. The van der Waals surface area contributed by atoms with E-state index in [1.165, 1.54) is 0 Å². The van der Waals surface area contributed by atoms with Crippen molar-refractivity contribution in [2.75, 3.05) is 19.0 Å². The number of benzene rings is 2. The van der Waals surface area contributed by atoms with Crippen LogP contribution in [0.1, 0.15) is 12.0 Å². The molecule has 0 radical (unpaired) electrons. The number of nitrogens with one attached hydrogen (secondary N) is 2. The van der Waals surface area contributed by atoms with Gasteiger partial charge >= 0.3 is 0 Å². The molecule has 0 unspecified atom stereocenters. The molecule has 2 aromatic rings. The lowest BCUT2D eigenvalue weighted by Gasteiger charge is -2.09. The van der Waals surface area contributed by atoms with E-state index < -0.39 is 0 Å². The van der Waals surface area contributed by atoms with Crippen molar-refractivity contribution in [3.05, 3.63) is 57.5 Å². The van der Waals surface area contributed by atoms with E-state index in [1.807, 2.05) is 12.1 Å². The monoisotopic (exact) mass is 424 g/mol. The predicted octanol–water partition coefficient (Wildman–Crippen LogP) is 3.80. The van der Waals surface area contributed by atoms with E-state index in [0.717, 1.165) is 5.56 Å². The average Bonchev–Trinajstić information content (AvgIpc) is 2.60. The number of ether oxygens (including phenoxy) is 1. The molecular weight excluding hydrogens is 408 g/mol. The van der Waals surface area contributed by atoms with Crippen molar-refractivity contribution in [3.63, 3.8) is 0 Å². The van der Waals surface area contributed by atoms with Gasteiger partial charge in [-0.1, -0.05) is 23.7 Å². The van der Waals surface area contributed by atoms with E-state index >= 15 is 0 Å². The topological polar surface area (TPSA) is 67.4 Å². The third kappa shape index (κ3) is 6.40. The maximum Gasteiger partial charge on any atom is 0.262 e. The van der Waals surface area contributed by atoms with Crippen LogP contribution in [0.3, 0.4) is 0 Å². The maximum absolute atomic E-state index is 12.0. The van der Waals surface area contributed by atoms with E-state index in [4.69, 9.17) is 16.3 Å². The summed E-state index contributed by atoms with van der Waals surface area (Å²) < 4.78 is 6.15. The van der Waals surface area contributed by atoms with Crippen LogP contribution < -0.4 is 15.4 Å². The van der Waals surface area contributed by atoms with Gasteiger partial charge in [0, 0.05) is 24.2 Å². The van der Waals surface area contributed by atoms with Crippen molar-refractivity contribution in [2.45, 2.75) is 12.8 Å². The van der Waals surface area contributed by atoms with Crippen LogP contribution in [0.4, 0.5) is 5.69 Å². The molecule has 0 saturated carbocycles. The SMILES string of the molecule is CNC(=O)CCc1ccc(NC(=O)COc2ccc(Cl)cc2Br)cc1. The summed E-state index contributed by atoms with van der Waals surface area (Å²) in [4.78, 5) is 23.2. The minimum absolute atomic E-state index is 0.00267. The highest BCUT2D eigenvalue weighted by molar-refractivity contribution is 9.10. The summed E-state index contributed by atoms with van der Waals surface area (Å²) in [5.41, 5.74) is 1.70. The number of carbonyl (C=O) groups is 2. The summed E-state index contributed by atoms with van der Waals surface area (Å²) in [5, 5.41) is 5.93.